The highest BCUT2D eigenvalue weighted by Crippen LogP contribution is 2.22. The summed E-state index contributed by atoms with van der Waals surface area (Å²) in [6.07, 6.45) is 3.74. The fourth-order valence-electron chi connectivity index (χ4n) is 5.24. The van der Waals surface area contributed by atoms with Crippen molar-refractivity contribution in [2.45, 2.75) is 36.8 Å². The Labute approximate surface area is 245 Å². The number of rotatable bonds is 11. The number of fused-ring (bicyclic) bond motifs is 1. The summed E-state index contributed by atoms with van der Waals surface area (Å²) in [6.45, 7) is 2.03. The predicted octanol–water partition coefficient (Wildman–Crippen LogP) is 3.36. The number of sulfonamides is 1. The molecule has 1 fully saturated rings. The highest BCUT2D eigenvalue weighted by Gasteiger charge is 2.28. The highest BCUT2D eigenvalue weighted by molar-refractivity contribution is 7.89. The van der Waals surface area contributed by atoms with Crippen molar-refractivity contribution < 1.29 is 17.9 Å². The topological polar surface area (TPSA) is 153 Å². The van der Waals surface area contributed by atoms with Gasteiger partial charge in [0.25, 0.3) is 0 Å². The van der Waals surface area contributed by atoms with E-state index in [2.05, 4.69) is 15.0 Å². The summed E-state index contributed by atoms with van der Waals surface area (Å²) in [4.78, 5) is 18.5. The standard InChI is InChI=1S/C31H36N6O4S/c32-31(33)37-16-6-9-23(20-37)18-35-30(38)29(17-24-19-34-28-11-5-4-10-27(24)28)36-42(39,40)26-14-12-25(13-15-26)41-21-22-7-2-1-3-8-22/h1-5,7-8,10-15,19,23,29,34,36H,6,9,16-18,20-21H2,(H3,32,33)(H,35,38)/t23?,29-/m1/s1. The van der Waals surface area contributed by atoms with E-state index in [0.717, 1.165) is 41.4 Å². The quantitative estimate of drug-likeness (QED) is 0.134. The van der Waals surface area contributed by atoms with Gasteiger partial charge in [-0.15, -0.1) is 0 Å². The SMILES string of the molecule is N=C(N)N1CCCC(CNC(=O)[C@@H](Cc2c[nH]c3ccccc23)NS(=O)(=O)c2ccc(OCc3ccccc3)cc2)C1. The molecule has 2 atom stereocenters. The molecule has 6 N–H and O–H groups in total. The molecule has 0 radical (unpaired) electrons. The fraction of sp³-hybridized carbons (Fsp3) is 0.290. The highest BCUT2D eigenvalue weighted by atomic mass is 32.2. The molecular formula is C31H36N6O4S. The van der Waals surface area contributed by atoms with Gasteiger partial charge >= 0.3 is 0 Å². The van der Waals surface area contributed by atoms with Gasteiger partial charge in [0.15, 0.2) is 5.96 Å². The number of amides is 1. The molecule has 220 valence electrons. The van der Waals surface area contributed by atoms with E-state index >= 15 is 0 Å². The second-order valence-electron chi connectivity index (χ2n) is 10.6. The molecular weight excluding hydrogens is 552 g/mol. The van der Waals surface area contributed by atoms with Gasteiger partial charge in [-0.05, 0) is 66.6 Å². The molecule has 1 saturated heterocycles. The van der Waals surface area contributed by atoms with Crippen LogP contribution >= 0.6 is 0 Å². The average Bonchev–Trinajstić information content (AvgIpc) is 3.42. The summed E-state index contributed by atoms with van der Waals surface area (Å²) in [5.41, 5.74) is 8.41. The van der Waals surface area contributed by atoms with Crippen LogP contribution in [0.15, 0.2) is 90.0 Å². The molecule has 1 unspecified atom stereocenters. The monoisotopic (exact) mass is 588 g/mol. The third-order valence-electron chi connectivity index (χ3n) is 7.52. The normalized spacial score (nSPS) is 16.2. The van der Waals surface area contributed by atoms with Gasteiger partial charge in [-0.3, -0.25) is 10.2 Å². The summed E-state index contributed by atoms with van der Waals surface area (Å²) in [6, 6.07) is 22.5. The van der Waals surface area contributed by atoms with Gasteiger partial charge in [-0.1, -0.05) is 48.5 Å². The Balaban J connectivity index is 1.29. The summed E-state index contributed by atoms with van der Waals surface area (Å²) in [5, 5.41) is 11.6. The van der Waals surface area contributed by atoms with Crippen molar-refractivity contribution in [2.24, 2.45) is 11.7 Å². The second-order valence-corrected chi connectivity index (χ2v) is 12.3. The lowest BCUT2D eigenvalue weighted by Gasteiger charge is -2.33. The van der Waals surface area contributed by atoms with E-state index in [4.69, 9.17) is 15.9 Å². The molecule has 10 nitrogen and oxygen atoms in total. The number of likely N-dealkylation sites (tertiary alicyclic amines) is 1. The molecule has 1 aromatic heterocycles. The Bertz CT molecular complexity index is 1620. The Kier molecular flexibility index (Phi) is 9.09. The van der Waals surface area contributed by atoms with Gasteiger partial charge < -0.3 is 25.7 Å². The number of H-pyrrole nitrogens is 1. The maximum Gasteiger partial charge on any atom is 0.241 e. The number of benzene rings is 3. The number of aromatic nitrogens is 1. The minimum Gasteiger partial charge on any atom is -0.489 e. The first-order valence-corrected chi connectivity index (χ1v) is 15.5. The Hall–Kier alpha value is -4.35. The number of nitrogens with one attached hydrogen (secondary N) is 4. The van der Waals surface area contributed by atoms with E-state index in [1.165, 1.54) is 12.1 Å². The van der Waals surface area contributed by atoms with Crippen LogP contribution in [-0.4, -0.2) is 55.8 Å². The molecule has 11 heteroatoms. The van der Waals surface area contributed by atoms with Crippen LogP contribution in [0, 0.1) is 11.3 Å². The third kappa shape index (κ3) is 7.29. The Morgan fingerprint density at radius 1 is 1.07 bits per heavy atom. The van der Waals surface area contributed by atoms with Crippen LogP contribution in [0.2, 0.25) is 0 Å². The van der Waals surface area contributed by atoms with Crippen LogP contribution in [-0.2, 0) is 27.8 Å². The summed E-state index contributed by atoms with van der Waals surface area (Å²) in [7, 11) is -4.04. The lowest BCUT2D eigenvalue weighted by molar-refractivity contribution is -0.122. The first-order valence-electron chi connectivity index (χ1n) is 14.0. The maximum atomic E-state index is 13.5. The molecule has 1 aliphatic rings. The molecule has 1 amide bonds. The third-order valence-corrected chi connectivity index (χ3v) is 9.01. The lowest BCUT2D eigenvalue weighted by Crippen LogP contribution is -2.51. The number of guanidine groups is 1. The molecule has 4 aromatic rings. The number of piperidine rings is 1. The van der Waals surface area contributed by atoms with Crippen molar-refractivity contribution in [1.82, 2.24) is 19.9 Å². The number of hydrogen-bond acceptors (Lipinski definition) is 5. The van der Waals surface area contributed by atoms with Crippen LogP contribution in [0.1, 0.15) is 24.0 Å². The van der Waals surface area contributed by atoms with Crippen LogP contribution < -0.4 is 20.5 Å². The first-order chi connectivity index (χ1) is 20.3. The van der Waals surface area contributed by atoms with E-state index in [9.17, 15) is 13.2 Å². The number of para-hydroxylation sites is 1. The van der Waals surface area contributed by atoms with Gasteiger partial charge in [-0.2, -0.15) is 4.72 Å². The van der Waals surface area contributed by atoms with Crippen molar-refractivity contribution in [3.05, 3.63) is 96.2 Å². The summed E-state index contributed by atoms with van der Waals surface area (Å²) in [5.74, 6) is 0.262. The Morgan fingerprint density at radius 2 is 1.81 bits per heavy atom. The second kappa shape index (κ2) is 13.1. The van der Waals surface area contributed by atoms with Gasteiger partial charge in [-0.25, -0.2) is 8.42 Å². The molecule has 2 heterocycles. The molecule has 1 aliphatic heterocycles. The number of hydrogen-bond donors (Lipinski definition) is 5. The molecule has 0 bridgehead atoms. The van der Waals surface area contributed by atoms with Crippen molar-refractivity contribution in [3.63, 3.8) is 0 Å². The maximum absolute atomic E-state index is 13.5. The van der Waals surface area contributed by atoms with Gasteiger partial charge in [0.2, 0.25) is 15.9 Å². The van der Waals surface area contributed by atoms with E-state index in [1.807, 2.05) is 60.8 Å². The number of nitrogens with two attached hydrogens (primary N) is 1. The van der Waals surface area contributed by atoms with E-state index in [1.54, 1.807) is 17.0 Å². The smallest absolute Gasteiger partial charge is 0.241 e. The lowest BCUT2D eigenvalue weighted by atomic mass is 9.98. The van der Waals surface area contributed by atoms with Crippen molar-refractivity contribution >= 4 is 32.8 Å². The van der Waals surface area contributed by atoms with E-state index < -0.39 is 22.0 Å². The minimum absolute atomic E-state index is 0.0208. The fourth-order valence-corrected chi connectivity index (χ4v) is 6.43. The van der Waals surface area contributed by atoms with Gasteiger partial charge in [0, 0.05) is 36.7 Å². The van der Waals surface area contributed by atoms with Crippen molar-refractivity contribution in [1.29, 1.82) is 5.41 Å². The van der Waals surface area contributed by atoms with Crippen LogP contribution in [0.3, 0.4) is 0 Å². The molecule has 0 spiro atoms. The largest absolute Gasteiger partial charge is 0.489 e. The zero-order valence-electron chi connectivity index (χ0n) is 23.3. The van der Waals surface area contributed by atoms with Crippen molar-refractivity contribution in [2.75, 3.05) is 19.6 Å². The molecule has 3 aromatic carbocycles. The van der Waals surface area contributed by atoms with Gasteiger partial charge in [0.05, 0.1) is 4.90 Å². The van der Waals surface area contributed by atoms with E-state index in [0.29, 0.717) is 25.4 Å². The molecule has 0 saturated carbocycles. The van der Waals surface area contributed by atoms with Crippen LogP contribution in [0.25, 0.3) is 10.9 Å². The predicted molar refractivity (Wildman–Crippen MR) is 163 cm³/mol. The molecule has 42 heavy (non-hydrogen) atoms. The average molecular weight is 589 g/mol. The number of carbonyl (C=O) groups is 1. The Morgan fingerprint density at radius 3 is 2.57 bits per heavy atom. The van der Waals surface area contributed by atoms with Gasteiger partial charge in [0.1, 0.15) is 18.4 Å². The summed E-state index contributed by atoms with van der Waals surface area (Å²) < 4.78 is 35.4. The summed E-state index contributed by atoms with van der Waals surface area (Å²) >= 11 is 0. The number of aromatic amines is 1. The van der Waals surface area contributed by atoms with Crippen molar-refractivity contribution in [3.8, 4) is 5.75 Å². The number of nitrogens with zero attached hydrogens (tertiary/aromatic N) is 1. The zero-order chi connectivity index (χ0) is 29.5. The number of ether oxygens (including phenoxy) is 1. The van der Waals surface area contributed by atoms with Crippen LogP contribution in [0.5, 0.6) is 5.75 Å². The molecule has 0 aliphatic carbocycles. The minimum atomic E-state index is -4.04. The molecule has 5 rings (SSSR count). The zero-order valence-corrected chi connectivity index (χ0v) is 24.1. The first kappa shape index (κ1) is 29.2. The van der Waals surface area contributed by atoms with Crippen LogP contribution in [0.4, 0.5) is 0 Å². The van der Waals surface area contributed by atoms with E-state index in [-0.39, 0.29) is 23.2 Å². The number of carbonyl (C=O) groups excluding carboxylic acids is 1.